The molecular weight excluding hydrogens is 330 g/mol. The van der Waals surface area contributed by atoms with E-state index in [-0.39, 0.29) is 11.3 Å². The number of benzene rings is 1. The van der Waals surface area contributed by atoms with Crippen molar-refractivity contribution in [3.63, 3.8) is 0 Å². The second-order valence-electron chi connectivity index (χ2n) is 5.65. The molecule has 0 unspecified atom stereocenters. The largest absolute Gasteiger partial charge is 0.508 e. The quantitative estimate of drug-likeness (QED) is 0.728. The highest BCUT2D eigenvalue weighted by molar-refractivity contribution is 7.71. The van der Waals surface area contributed by atoms with Gasteiger partial charge in [-0.3, -0.25) is 14.7 Å². The number of ether oxygens (including phenoxy) is 2. The van der Waals surface area contributed by atoms with Crippen LogP contribution in [-0.4, -0.2) is 40.7 Å². The SMILES string of the molecule is COc1cc(O)cc(OC)c1CN1CCc2[nH]c(=S)[nH]c(=O)c2C1. The highest BCUT2D eigenvalue weighted by Crippen LogP contribution is 2.35. The summed E-state index contributed by atoms with van der Waals surface area (Å²) in [6.07, 6.45) is 0.714. The number of rotatable bonds is 4. The van der Waals surface area contributed by atoms with Gasteiger partial charge in [-0.2, -0.15) is 0 Å². The van der Waals surface area contributed by atoms with E-state index in [0.29, 0.717) is 41.3 Å². The summed E-state index contributed by atoms with van der Waals surface area (Å²) < 4.78 is 11.1. The van der Waals surface area contributed by atoms with Gasteiger partial charge in [0.15, 0.2) is 4.77 Å². The van der Waals surface area contributed by atoms with Crippen LogP contribution < -0.4 is 15.0 Å². The summed E-state index contributed by atoms with van der Waals surface area (Å²) >= 11 is 5.02. The number of hydrogen-bond donors (Lipinski definition) is 3. The number of aromatic amines is 2. The first-order chi connectivity index (χ1) is 11.5. The summed E-state index contributed by atoms with van der Waals surface area (Å²) in [7, 11) is 3.10. The molecule has 0 spiro atoms. The molecular formula is C16H19N3O4S. The van der Waals surface area contributed by atoms with E-state index in [9.17, 15) is 9.90 Å². The summed E-state index contributed by atoms with van der Waals surface area (Å²) in [4.78, 5) is 19.9. The molecule has 2 heterocycles. The van der Waals surface area contributed by atoms with Crippen molar-refractivity contribution in [2.45, 2.75) is 19.5 Å². The van der Waals surface area contributed by atoms with Crippen LogP contribution in [0.25, 0.3) is 0 Å². The molecule has 3 rings (SSSR count). The van der Waals surface area contributed by atoms with Crippen LogP contribution in [0, 0.1) is 4.77 Å². The molecule has 7 nitrogen and oxygen atoms in total. The Morgan fingerprint density at radius 1 is 1.25 bits per heavy atom. The smallest absolute Gasteiger partial charge is 0.256 e. The Morgan fingerprint density at radius 3 is 2.54 bits per heavy atom. The van der Waals surface area contributed by atoms with E-state index < -0.39 is 0 Å². The number of nitrogens with one attached hydrogen (secondary N) is 2. The summed E-state index contributed by atoms with van der Waals surface area (Å²) in [6, 6.07) is 3.11. The maximum absolute atomic E-state index is 12.1. The number of phenols is 1. The lowest BCUT2D eigenvalue weighted by Crippen LogP contribution is -2.35. The van der Waals surface area contributed by atoms with Gasteiger partial charge in [-0.25, -0.2) is 0 Å². The monoisotopic (exact) mass is 349 g/mol. The Kier molecular flexibility index (Phi) is 4.59. The van der Waals surface area contributed by atoms with Gasteiger partial charge < -0.3 is 19.6 Å². The van der Waals surface area contributed by atoms with Gasteiger partial charge >= 0.3 is 0 Å². The van der Waals surface area contributed by atoms with E-state index in [1.807, 2.05) is 0 Å². The summed E-state index contributed by atoms with van der Waals surface area (Å²) in [5, 5.41) is 9.75. The van der Waals surface area contributed by atoms with E-state index >= 15 is 0 Å². The molecule has 1 aromatic heterocycles. The lowest BCUT2D eigenvalue weighted by Gasteiger charge is -2.28. The van der Waals surface area contributed by atoms with Gasteiger partial charge in [0.1, 0.15) is 17.2 Å². The van der Waals surface area contributed by atoms with Crippen molar-refractivity contribution in [1.82, 2.24) is 14.9 Å². The molecule has 0 radical (unpaired) electrons. The topological polar surface area (TPSA) is 90.6 Å². The second-order valence-corrected chi connectivity index (χ2v) is 6.06. The molecule has 0 saturated carbocycles. The lowest BCUT2D eigenvalue weighted by molar-refractivity contribution is 0.233. The van der Waals surface area contributed by atoms with Crippen LogP contribution >= 0.6 is 12.2 Å². The van der Waals surface area contributed by atoms with Crippen LogP contribution in [-0.2, 0) is 19.5 Å². The molecule has 3 N–H and O–H groups in total. The number of fused-ring (bicyclic) bond motifs is 1. The second kappa shape index (κ2) is 6.66. The number of methoxy groups -OCH3 is 2. The molecule has 0 saturated heterocycles. The standard InChI is InChI=1S/C16H19N3O4S/c1-22-13-5-9(20)6-14(23-2)11(13)8-19-4-3-12-10(7-19)15(21)18-16(24)17-12/h5-6,20H,3-4,7-8H2,1-2H3,(H2,17,18,21,24). The molecule has 0 bridgehead atoms. The zero-order chi connectivity index (χ0) is 17.3. The van der Waals surface area contributed by atoms with Crippen LogP contribution in [0.4, 0.5) is 0 Å². The van der Waals surface area contributed by atoms with E-state index in [1.54, 1.807) is 26.4 Å². The predicted molar refractivity (Wildman–Crippen MR) is 91.3 cm³/mol. The van der Waals surface area contributed by atoms with Gasteiger partial charge in [0, 0.05) is 43.9 Å². The molecule has 8 heteroatoms. The summed E-state index contributed by atoms with van der Waals surface area (Å²) in [6.45, 7) is 1.82. The van der Waals surface area contributed by atoms with Crippen LogP contribution in [0.2, 0.25) is 0 Å². The van der Waals surface area contributed by atoms with Crippen molar-refractivity contribution in [1.29, 1.82) is 0 Å². The molecule has 0 fully saturated rings. The van der Waals surface area contributed by atoms with Crippen molar-refractivity contribution in [2.24, 2.45) is 0 Å². The highest BCUT2D eigenvalue weighted by Gasteiger charge is 2.22. The predicted octanol–water partition coefficient (Wildman–Crippen LogP) is 1.71. The third kappa shape index (κ3) is 3.15. The minimum Gasteiger partial charge on any atom is -0.508 e. The molecule has 1 aliphatic heterocycles. The molecule has 128 valence electrons. The fourth-order valence-electron chi connectivity index (χ4n) is 3.00. The van der Waals surface area contributed by atoms with E-state index in [2.05, 4.69) is 14.9 Å². The Bertz CT molecular complexity index is 849. The number of aromatic nitrogens is 2. The zero-order valence-corrected chi connectivity index (χ0v) is 14.3. The molecule has 24 heavy (non-hydrogen) atoms. The van der Waals surface area contributed by atoms with E-state index in [4.69, 9.17) is 21.7 Å². The molecule has 2 aromatic rings. The average Bonchev–Trinajstić information content (AvgIpc) is 2.56. The van der Waals surface area contributed by atoms with Crippen LogP contribution in [0.15, 0.2) is 16.9 Å². The minimum atomic E-state index is -0.150. The third-order valence-corrected chi connectivity index (χ3v) is 4.37. The van der Waals surface area contributed by atoms with Crippen molar-refractivity contribution in [2.75, 3.05) is 20.8 Å². The number of H-pyrrole nitrogens is 2. The Balaban J connectivity index is 1.91. The van der Waals surface area contributed by atoms with E-state index in [0.717, 1.165) is 17.8 Å². The Morgan fingerprint density at radius 2 is 1.92 bits per heavy atom. The summed E-state index contributed by atoms with van der Waals surface area (Å²) in [5.41, 5.74) is 2.28. The normalized spacial score (nSPS) is 14.2. The van der Waals surface area contributed by atoms with Gasteiger partial charge in [0.25, 0.3) is 5.56 Å². The number of phenolic OH excluding ortho intramolecular Hbond substituents is 1. The highest BCUT2D eigenvalue weighted by atomic mass is 32.1. The van der Waals surface area contributed by atoms with E-state index in [1.165, 1.54) is 0 Å². The number of aromatic hydroxyl groups is 1. The number of hydrogen-bond acceptors (Lipinski definition) is 6. The average molecular weight is 349 g/mol. The Labute approximate surface area is 143 Å². The van der Waals surface area contributed by atoms with Gasteiger partial charge in [0.2, 0.25) is 0 Å². The molecule has 0 atom stereocenters. The Hall–Kier alpha value is -2.32. The third-order valence-electron chi connectivity index (χ3n) is 4.16. The first-order valence-electron chi connectivity index (χ1n) is 7.52. The first kappa shape index (κ1) is 16.5. The van der Waals surface area contributed by atoms with Crippen LogP contribution in [0.1, 0.15) is 16.8 Å². The minimum absolute atomic E-state index is 0.0838. The van der Waals surface area contributed by atoms with Crippen molar-refractivity contribution in [3.05, 3.63) is 44.1 Å². The van der Waals surface area contributed by atoms with Crippen LogP contribution in [0.5, 0.6) is 17.2 Å². The van der Waals surface area contributed by atoms with Crippen molar-refractivity contribution < 1.29 is 14.6 Å². The van der Waals surface area contributed by atoms with Gasteiger partial charge in [0.05, 0.1) is 25.3 Å². The van der Waals surface area contributed by atoms with Crippen LogP contribution in [0.3, 0.4) is 0 Å². The van der Waals surface area contributed by atoms with Gasteiger partial charge in [-0.15, -0.1) is 0 Å². The first-order valence-corrected chi connectivity index (χ1v) is 7.93. The van der Waals surface area contributed by atoms with Gasteiger partial charge in [-0.05, 0) is 12.2 Å². The zero-order valence-electron chi connectivity index (χ0n) is 13.5. The van der Waals surface area contributed by atoms with Crippen molar-refractivity contribution in [3.8, 4) is 17.2 Å². The molecule has 0 aliphatic carbocycles. The maximum Gasteiger partial charge on any atom is 0.256 e. The molecule has 1 aliphatic rings. The fraction of sp³-hybridized carbons (Fsp3) is 0.375. The lowest BCUT2D eigenvalue weighted by atomic mass is 10.1. The summed E-state index contributed by atoms with van der Waals surface area (Å²) in [5.74, 6) is 1.19. The van der Waals surface area contributed by atoms with Crippen molar-refractivity contribution >= 4 is 12.2 Å². The number of nitrogens with zero attached hydrogens (tertiary/aromatic N) is 1. The molecule has 0 amide bonds. The van der Waals surface area contributed by atoms with Gasteiger partial charge in [-0.1, -0.05) is 0 Å². The fourth-order valence-corrected chi connectivity index (χ4v) is 3.21. The maximum atomic E-state index is 12.1. The molecule has 1 aromatic carbocycles.